The molecule has 0 aromatic heterocycles. The summed E-state index contributed by atoms with van der Waals surface area (Å²) in [5.74, 6) is -2.73. The Balaban J connectivity index is 1.45. The zero-order chi connectivity index (χ0) is 30.6. The summed E-state index contributed by atoms with van der Waals surface area (Å²) < 4.78 is 59.9. The van der Waals surface area contributed by atoms with Crippen LogP contribution in [-0.4, -0.2) is 6.71 Å². The van der Waals surface area contributed by atoms with E-state index in [2.05, 4.69) is 17.0 Å². The molecule has 0 bridgehead atoms. The molecule has 0 atom stereocenters. The number of para-hydroxylation sites is 1. The highest BCUT2D eigenvalue weighted by atomic mass is 19.1. The van der Waals surface area contributed by atoms with Gasteiger partial charge in [0.25, 0.3) is 6.71 Å². The van der Waals surface area contributed by atoms with Crippen molar-refractivity contribution in [1.82, 2.24) is 0 Å². The van der Waals surface area contributed by atoms with E-state index in [1.54, 1.807) is 0 Å². The largest absolute Gasteiger partial charge is 0.311 e. The highest BCUT2D eigenvalue weighted by Crippen LogP contribution is 2.50. The molecular weight excluding hydrogens is 573 g/mol. The van der Waals surface area contributed by atoms with Gasteiger partial charge < -0.3 is 14.7 Å². The Labute approximate surface area is 257 Å². The zero-order valence-electron chi connectivity index (χ0n) is 23.9. The summed E-state index contributed by atoms with van der Waals surface area (Å²) in [5, 5.41) is 0. The van der Waals surface area contributed by atoms with Crippen LogP contribution in [0.1, 0.15) is 5.56 Å². The fourth-order valence-electron chi connectivity index (χ4n) is 7.40. The number of halogens is 4. The van der Waals surface area contributed by atoms with Gasteiger partial charge in [0.05, 0.1) is 11.4 Å². The van der Waals surface area contributed by atoms with Crippen LogP contribution in [0.3, 0.4) is 0 Å². The predicted octanol–water partition coefficient (Wildman–Crippen LogP) is 8.42. The first-order chi connectivity index (χ1) is 21.9. The van der Waals surface area contributed by atoms with Crippen molar-refractivity contribution < 1.29 is 17.6 Å². The van der Waals surface area contributed by atoms with E-state index in [-0.39, 0.29) is 18.1 Å². The summed E-state index contributed by atoms with van der Waals surface area (Å²) in [6, 6.07) is 33.1. The van der Waals surface area contributed by atoms with Crippen LogP contribution in [0.25, 0.3) is 0 Å². The van der Waals surface area contributed by atoms with Crippen molar-refractivity contribution in [3.8, 4) is 0 Å². The fraction of sp³-hybridized carbons (Fsp3) is 0.0270. The van der Waals surface area contributed by atoms with Gasteiger partial charge in [0, 0.05) is 51.9 Å². The second kappa shape index (κ2) is 9.25. The molecule has 0 fully saturated rings. The second-order valence-electron chi connectivity index (χ2n) is 11.6. The minimum absolute atomic E-state index is 0.200. The Bertz CT molecular complexity index is 2090. The average molecular weight is 595 g/mol. The number of anilines is 9. The molecule has 216 valence electrons. The monoisotopic (exact) mass is 595 g/mol. The van der Waals surface area contributed by atoms with Gasteiger partial charge in [-0.1, -0.05) is 30.3 Å². The van der Waals surface area contributed by atoms with Crippen molar-refractivity contribution in [2.45, 2.75) is 6.92 Å². The molecule has 0 saturated heterocycles. The lowest BCUT2D eigenvalue weighted by atomic mass is 9.31. The molecule has 6 aromatic rings. The molecule has 3 heterocycles. The van der Waals surface area contributed by atoms with Crippen LogP contribution in [0.15, 0.2) is 115 Å². The molecule has 3 aliphatic heterocycles. The van der Waals surface area contributed by atoms with Crippen molar-refractivity contribution >= 4 is 74.3 Å². The van der Waals surface area contributed by atoms with Crippen molar-refractivity contribution in [2.24, 2.45) is 0 Å². The number of nitrogens with zero attached hydrogens (tertiary/aromatic N) is 3. The Hall–Kier alpha value is -5.50. The van der Waals surface area contributed by atoms with Crippen LogP contribution in [0, 0.1) is 30.2 Å². The van der Waals surface area contributed by atoms with Crippen LogP contribution in [-0.2, 0) is 0 Å². The van der Waals surface area contributed by atoms with Gasteiger partial charge in [-0.15, -0.1) is 0 Å². The minimum atomic E-state index is -0.699. The summed E-state index contributed by atoms with van der Waals surface area (Å²) in [6.45, 7) is 1.66. The first-order valence-corrected chi connectivity index (χ1v) is 14.7. The van der Waals surface area contributed by atoms with Crippen molar-refractivity contribution in [3.63, 3.8) is 0 Å². The molecule has 3 aliphatic rings. The maximum Gasteiger partial charge on any atom is 0.257 e. The Morgan fingerprint density at radius 1 is 0.422 bits per heavy atom. The van der Waals surface area contributed by atoms with E-state index in [9.17, 15) is 8.78 Å². The van der Waals surface area contributed by atoms with E-state index < -0.39 is 23.3 Å². The van der Waals surface area contributed by atoms with Crippen LogP contribution < -0.4 is 31.1 Å². The zero-order valence-corrected chi connectivity index (χ0v) is 23.9. The van der Waals surface area contributed by atoms with Gasteiger partial charge in [0.2, 0.25) is 0 Å². The standard InChI is InChI=1S/C37H22BF4N3/c1-21-17-33-37-34(18-21)45(28-16-14-23(40)20-26(28)42)32-12-6-10-30-36(32)38(37)35-29(43(30)24-7-3-2-4-8-24)9-5-11-31(35)44(33)27-15-13-22(39)19-25(27)41/h2-20H,1H3. The number of benzene rings is 6. The lowest BCUT2D eigenvalue weighted by Crippen LogP contribution is -2.65. The van der Waals surface area contributed by atoms with Gasteiger partial charge in [0.15, 0.2) is 0 Å². The molecular formula is C37H22BF4N3. The number of aryl methyl sites for hydroxylation is 1. The van der Waals surface area contributed by atoms with Gasteiger partial charge in [-0.25, -0.2) is 17.6 Å². The molecule has 0 amide bonds. The van der Waals surface area contributed by atoms with E-state index in [1.807, 2.05) is 83.5 Å². The third-order valence-electron chi connectivity index (χ3n) is 9.03. The molecule has 0 aliphatic carbocycles. The van der Waals surface area contributed by atoms with E-state index in [1.165, 1.54) is 24.3 Å². The van der Waals surface area contributed by atoms with Gasteiger partial charge in [0.1, 0.15) is 23.3 Å². The van der Waals surface area contributed by atoms with E-state index in [0.717, 1.165) is 62.5 Å². The fourth-order valence-corrected chi connectivity index (χ4v) is 7.40. The summed E-state index contributed by atoms with van der Waals surface area (Å²) >= 11 is 0. The topological polar surface area (TPSA) is 9.72 Å². The molecule has 0 radical (unpaired) electrons. The molecule has 9 rings (SSSR count). The number of hydrogen-bond donors (Lipinski definition) is 0. The summed E-state index contributed by atoms with van der Waals surface area (Å²) in [7, 11) is 0. The van der Waals surface area contributed by atoms with E-state index in [0.29, 0.717) is 11.4 Å². The average Bonchev–Trinajstić information content (AvgIpc) is 3.03. The van der Waals surface area contributed by atoms with Crippen molar-refractivity contribution in [3.05, 3.63) is 144 Å². The molecule has 45 heavy (non-hydrogen) atoms. The second-order valence-corrected chi connectivity index (χ2v) is 11.6. The number of hydrogen-bond acceptors (Lipinski definition) is 3. The van der Waals surface area contributed by atoms with Crippen LogP contribution in [0.4, 0.5) is 68.7 Å². The molecule has 6 aromatic carbocycles. The van der Waals surface area contributed by atoms with E-state index in [4.69, 9.17) is 0 Å². The SMILES string of the molecule is Cc1cc2c3c(c1)N(c1ccc(F)cc1F)c1cccc4c1B3c1c(cccc1N2c1ccc(F)cc1F)N4c1ccccc1. The maximum absolute atomic E-state index is 15.8. The predicted molar refractivity (Wildman–Crippen MR) is 173 cm³/mol. The molecule has 0 spiro atoms. The van der Waals surface area contributed by atoms with Gasteiger partial charge in [-0.3, -0.25) is 0 Å². The van der Waals surface area contributed by atoms with Crippen molar-refractivity contribution in [1.29, 1.82) is 0 Å². The molecule has 8 heteroatoms. The third kappa shape index (κ3) is 3.53. The quantitative estimate of drug-likeness (QED) is 0.150. The van der Waals surface area contributed by atoms with E-state index >= 15 is 8.78 Å². The van der Waals surface area contributed by atoms with Crippen molar-refractivity contribution in [2.75, 3.05) is 14.7 Å². The summed E-state index contributed by atoms with van der Waals surface area (Å²) in [4.78, 5) is 5.87. The van der Waals surface area contributed by atoms with Crippen LogP contribution in [0.2, 0.25) is 0 Å². The lowest BCUT2D eigenvalue weighted by Gasteiger charge is -2.49. The molecule has 0 saturated carbocycles. The Morgan fingerprint density at radius 2 is 0.867 bits per heavy atom. The normalized spacial score (nSPS) is 13.7. The highest BCUT2D eigenvalue weighted by molar-refractivity contribution is 7.02. The smallest absolute Gasteiger partial charge is 0.257 e. The molecule has 3 nitrogen and oxygen atoms in total. The van der Waals surface area contributed by atoms with Gasteiger partial charge in [-0.05, 0) is 102 Å². The minimum Gasteiger partial charge on any atom is -0.311 e. The van der Waals surface area contributed by atoms with Gasteiger partial charge in [-0.2, -0.15) is 0 Å². The maximum atomic E-state index is 15.8. The molecule has 0 N–H and O–H groups in total. The highest BCUT2D eigenvalue weighted by Gasteiger charge is 2.49. The third-order valence-corrected chi connectivity index (χ3v) is 9.03. The number of rotatable bonds is 3. The Kier molecular flexibility index (Phi) is 5.34. The molecule has 0 unspecified atom stereocenters. The lowest BCUT2D eigenvalue weighted by molar-refractivity contribution is 0.583. The summed E-state index contributed by atoms with van der Waals surface area (Å²) in [6.07, 6.45) is 0. The summed E-state index contributed by atoms with van der Waals surface area (Å²) in [5.41, 5.74) is 9.81. The Morgan fingerprint density at radius 3 is 1.33 bits per heavy atom. The van der Waals surface area contributed by atoms with Gasteiger partial charge >= 0.3 is 0 Å². The first kappa shape index (κ1) is 26.0. The van der Waals surface area contributed by atoms with Crippen LogP contribution >= 0.6 is 0 Å². The first-order valence-electron chi connectivity index (χ1n) is 14.7. The van der Waals surface area contributed by atoms with Crippen LogP contribution in [0.5, 0.6) is 0 Å².